The van der Waals surface area contributed by atoms with Crippen molar-refractivity contribution in [1.29, 1.82) is 5.26 Å². The van der Waals surface area contributed by atoms with Gasteiger partial charge in [-0.3, -0.25) is 4.79 Å². The summed E-state index contributed by atoms with van der Waals surface area (Å²) in [4.78, 5) is 18.8. The third-order valence-corrected chi connectivity index (χ3v) is 4.93. The van der Waals surface area contributed by atoms with Gasteiger partial charge in [-0.25, -0.2) is 4.98 Å². The number of aromatic nitrogens is 2. The van der Waals surface area contributed by atoms with Gasteiger partial charge < -0.3 is 14.8 Å². The second-order valence-electron chi connectivity index (χ2n) is 7.44. The van der Waals surface area contributed by atoms with Gasteiger partial charge >= 0.3 is 0 Å². The smallest absolute Gasteiger partial charge is 0.223 e. The van der Waals surface area contributed by atoms with E-state index in [9.17, 15) is 4.79 Å². The van der Waals surface area contributed by atoms with Crippen molar-refractivity contribution in [3.63, 3.8) is 0 Å². The van der Waals surface area contributed by atoms with E-state index in [4.69, 9.17) is 5.26 Å². The summed E-state index contributed by atoms with van der Waals surface area (Å²) in [6.07, 6.45) is 5.75. The van der Waals surface area contributed by atoms with Gasteiger partial charge in [-0.2, -0.15) is 5.26 Å². The number of aryl methyl sites for hydroxylation is 1. The highest BCUT2D eigenvalue weighted by Crippen LogP contribution is 2.36. The van der Waals surface area contributed by atoms with E-state index in [1.165, 1.54) is 0 Å². The largest absolute Gasteiger partial charge is 0.336 e. The van der Waals surface area contributed by atoms with Crippen molar-refractivity contribution in [3.05, 3.63) is 18.2 Å². The lowest BCUT2D eigenvalue weighted by molar-refractivity contribution is -0.128. The maximum Gasteiger partial charge on any atom is 0.223 e. The SMILES string of the molecule is CCN1C(=O)C[C@@H](CNCC(C)(C)CCC#N)[C@@H]1c1nccn1C. The van der Waals surface area contributed by atoms with Crippen molar-refractivity contribution in [1.82, 2.24) is 19.8 Å². The van der Waals surface area contributed by atoms with Gasteiger partial charge in [0.2, 0.25) is 5.91 Å². The van der Waals surface area contributed by atoms with Gasteiger partial charge in [0.05, 0.1) is 12.1 Å². The Morgan fingerprint density at radius 1 is 1.50 bits per heavy atom. The highest BCUT2D eigenvalue weighted by atomic mass is 16.2. The molecule has 2 rings (SSSR count). The van der Waals surface area contributed by atoms with Gasteiger partial charge in [0.15, 0.2) is 0 Å². The standard InChI is InChI=1S/C18H29N5O/c1-5-23-15(24)11-14(16(23)17-21-9-10-22(17)4)12-20-13-18(2,3)7-6-8-19/h9-10,14,16,20H,5-7,11-13H2,1-4H3/t14-,16+/m0/s1. The molecule has 6 heteroatoms. The molecule has 0 unspecified atom stereocenters. The number of nitrogens with one attached hydrogen (secondary N) is 1. The van der Waals surface area contributed by atoms with Crippen molar-refractivity contribution >= 4 is 5.91 Å². The lowest BCUT2D eigenvalue weighted by atomic mass is 9.87. The summed E-state index contributed by atoms with van der Waals surface area (Å²) in [5, 5.41) is 12.3. The fraction of sp³-hybridized carbons (Fsp3) is 0.722. The Balaban J connectivity index is 2.02. The Morgan fingerprint density at radius 3 is 2.83 bits per heavy atom. The summed E-state index contributed by atoms with van der Waals surface area (Å²) in [7, 11) is 1.98. The van der Waals surface area contributed by atoms with Crippen LogP contribution in [0.1, 0.15) is 51.9 Å². The van der Waals surface area contributed by atoms with E-state index in [-0.39, 0.29) is 23.3 Å². The number of rotatable bonds is 8. The summed E-state index contributed by atoms with van der Waals surface area (Å²) < 4.78 is 2.01. The first kappa shape index (κ1) is 18.5. The molecule has 1 N–H and O–H groups in total. The van der Waals surface area contributed by atoms with Crippen LogP contribution in [0.25, 0.3) is 0 Å². The number of nitriles is 1. The monoisotopic (exact) mass is 331 g/mol. The molecule has 1 aromatic rings. The molecule has 1 aromatic heterocycles. The van der Waals surface area contributed by atoms with Gasteiger partial charge in [-0.05, 0) is 18.8 Å². The first-order chi connectivity index (χ1) is 11.4. The fourth-order valence-electron chi connectivity index (χ4n) is 3.51. The Bertz CT molecular complexity index is 601. The van der Waals surface area contributed by atoms with Crippen LogP contribution in [0.3, 0.4) is 0 Å². The molecule has 1 amide bonds. The number of hydrogen-bond donors (Lipinski definition) is 1. The van der Waals surface area contributed by atoms with Crippen LogP contribution in [0.2, 0.25) is 0 Å². The highest BCUT2D eigenvalue weighted by molar-refractivity contribution is 5.79. The Kier molecular flexibility index (Phi) is 6.00. The maximum atomic E-state index is 12.4. The molecule has 0 radical (unpaired) electrons. The van der Waals surface area contributed by atoms with Gasteiger partial charge in [-0.15, -0.1) is 0 Å². The lowest BCUT2D eigenvalue weighted by Gasteiger charge is -2.29. The molecule has 0 aliphatic carbocycles. The Hall–Kier alpha value is -1.87. The summed E-state index contributed by atoms with van der Waals surface area (Å²) in [5.74, 6) is 1.39. The molecule has 6 nitrogen and oxygen atoms in total. The van der Waals surface area contributed by atoms with Crippen LogP contribution in [-0.2, 0) is 11.8 Å². The zero-order chi connectivity index (χ0) is 17.7. The molecule has 2 atom stereocenters. The number of nitrogens with zero attached hydrogens (tertiary/aromatic N) is 4. The molecule has 24 heavy (non-hydrogen) atoms. The van der Waals surface area contributed by atoms with Crippen LogP contribution in [0.4, 0.5) is 0 Å². The minimum Gasteiger partial charge on any atom is -0.336 e. The van der Waals surface area contributed by atoms with E-state index < -0.39 is 0 Å². The van der Waals surface area contributed by atoms with Gasteiger partial charge in [0.25, 0.3) is 0 Å². The molecule has 1 aliphatic rings. The molecule has 132 valence electrons. The van der Waals surface area contributed by atoms with E-state index in [2.05, 4.69) is 30.2 Å². The molecule has 2 heterocycles. The van der Waals surface area contributed by atoms with Crippen molar-refractivity contribution < 1.29 is 4.79 Å². The minimum atomic E-state index is 0.0391. The van der Waals surface area contributed by atoms with Crippen LogP contribution >= 0.6 is 0 Å². The fourth-order valence-corrected chi connectivity index (χ4v) is 3.51. The third-order valence-electron chi connectivity index (χ3n) is 4.93. The molecule has 0 aromatic carbocycles. The lowest BCUT2D eigenvalue weighted by Crippen LogP contribution is -2.36. The number of hydrogen-bond acceptors (Lipinski definition) is 4. The molecular formula is C18H29N5O. The normalized spacial score (nSPS) is 21.3. The quantitative estimate of drug-likeness (QED) is 0.793. The van der Waals surface area contributed by atoms with Crippen LogP contribution in [0.5, 0.6) is 0 Å². The van der Waals surface area contributed by atoms with Crippen LogP contribution in [-0.4, -0.2) is 40.0 Å². The van der Waals surface area contributed by atoms with E-state index in [0.29, 0.717) is 19.4 Å². The van der Waals surface area contributed by atoms with E-state index in [1.54, 1.807) is 6.20 Å². The highest BCUT2D eigenvalue weighted by Gasteiger charge is 2.41. The first-order valence-corrected chi connectivity index (χ1v) is 8.74. The predicted octanol–water partition coefficient (Wildman–Crippen LogP) is 2.25. The van der Waals surface area contributed by atoms with Crippen LogP contribution in [0, 0.1) is 22.7 Å². The predicted molar refractivity (Wildman–Crippen MR) is 92.9 cm³/mol. The average Bonchev–Trinajstić information content (AvgIpc) is 3.07. The maximum absolute atomic E-state index is 12.4. The van der Waals surface area contributed by atoms with Gasteiger partial charge in [0.1, 0.15) is 5.82 Å². The van der Waals surface area contributed by atoms with E-state index >= 15 is 0 Å². The number of amides is 1. The molecule has 0 bridgehead atoms. The van der Waals surface area contributed by atoms with Gasteiger partial charge in [-0.1, -0.05) is 13.8 Å². The van der Waals surface area contributed by atoms with Crippen LogP contribution < -0.4 is 5.32 Å². The molecule has 1 fully saturated rings. The van der Waals surface area contributed by atoms with Crippen LogP contribution in [0.15, 0.2) is 12.4 Å². The Morgan fingerprint density at radius 2 is 2.25 bits per heavy atom. The minimum absolute atomic E-state index is 0.0391. The molecule has 0 saturated carbocycles. The molecule has 1 saturated heterocycles. The number of imidazole rings is 1. The summed E-state index contributed by atoms with van der Waals surface area (Å²) in [5.41, 5.74) is 0.0848. The summed E-state index contributed by atoms with van der Waals surface area (Å²) in [6, 6.07) is 2.26. The molecule has 1 aliphatic heterocycles. The number of carbonyl (C=O) groups excluding carboxylic acids is 1. The van der Waals surface area contributed by atoms with Crippen molar-refractivity contribution in [2.24, 2.45) is 18.4 Å². The summed E-state index contributed by atoms with van der Waals surface area (Å²) >= 11 is 0. The van der Waals surface area contributed by atoms with Gasteiger partial charge in [0, 0.05) is 57.8 Å². The summed E-state index contributed by atoms with van der Waals surface area (Å²) in [6.45, 7) is 8.71. The van der Waals surface area contributed by atoms with E-state index in [0.717, 1.165) is 25.3 Å². The Labute approximate surface area is 144 Å². The van der Waals surface area contributed by atoms with Crippen molar-refractivity contribution in [3.8, 4) is 6.07 Å². The number of carbonyl (C=O) groups is 1. The second-order valence-corrected chi connectivity index (χ2v) is 7.44. The zero-order valence-electron chi connectivity index (χ0n) is 15.2. The second kappa shape index (κ2) is 7.80. The number of likely N-dealkylation sites (tertiary alicyclic amines) is 1. The molecule has 0 spiro atoms. The van der Waals surface area contributed by atoms with Crippen molar-refractivity contribution in [2.75, 3.05) is 19.6 Å². The topological polar surface area (TPSA) is 74.0 Å². The average molecular weight is 331 g/mol. The first-order valence-electron chi connectivity index (χ1n) is 8.74. The van der Waals surface area contributed by atoms with Crippen molar-refractivity contribution in [2.45, 2.75) is 46.1 Å². The molecular weight excluding hydrogens is 302 g/mol. The zero-order valence-corrected chi connectivity index (χ0v) is 15.2. The van der Waals surface area contributed by atoms with E-state index in [1.807, 2.05) is 29.6 Å². The third kappa shape index (κ3) is 4.15.